The summed E-state index contributed by atoms with van der Waals surface area (Å²) in [7, 11) is 0. The minimum absolute atomic E-state index is 0. The van der Waals surface area contributed by atoms with Crippen LogP contribution in [0.15, 0.2) is 23.5 Å². The van der Waals surface area contributed by atoms with Crippen molar-refractivity contribution in [1.29, 1.82) is 0 Å². The van der Waals surface area contributed by atoms with Crippen molar-refractivity contribution in [2.24, 2.45) is 16.6 Å². The SMILES string of the molecule is Cc1cncc(CN=C(N)NCCC(C)C)c1.I. The monoisotopic (exact) mass is 362 g/mol. The maximum Gasteiger partial charge on any atom is 0.188 e. The van der Waals surface area contributed by atoms with E-state index in [9.17, 15) is 0 Å². The van der Waals surface area contributed by atoms with Crippen molar-refractivity contribution in [3.63, 3.8) is 0 Å². The summed E-state index contributed by atoms with van der Waals surface area (Å²) in [6, 6.07) is 2.07. The Bertz CT molecular complexity index is 377. The highest BCUT2D eigenvalue weighted by Gasteiger charge is 1.96. The number of aliphatic imine (C=N–C) groups is 1. The Hall–Kier alpha value is -0.850. The minimum Gasteiger partial charge on any atom is -0.370 e. The zero-order valence-electron chi connectivity index (χ0n) is 11.3. The van der Waals surface area contributed by atoms with E-state index in [1.54, 1.807) is 0 Å². The summed E-state index contributed by atoms with van der Waals surface area (Å²) in [5.41, 5.74) is 7.99. The molecule has 1 rings (SSSR count). The lowest BCUT2D eigenvalue weighted by Crippen LogP contribution is -2.32. The summed E-state index contributed by atoms with van der Waals surface area (Å²) < 4.78 is 0. The smallest absolute Gasteiger partial charge is 0.188 e. The topological polar surface area (TPSA) is 63.3 Å². The van der Waals surface area contributed by atoms with Gasteiger partial charge in [0.1, 0.15) is 0 Å². The van der Waals surface area contributed by atoms with Crippen molar-refractivity contribution in [1.82, 2.24) is 10.3 Å². The van der Waals surface area contributed by atoms with Crippen LogP contribution < -0.4 is 11.1 Å². The number of nitrogens with two attached hydrogens (primary N) is 1. The van der Waals surface area contributed by atoms with Gasteiger partial charge in [0.2, 0.25) is 0 Å². The third kappa shape index (κ3) is 7.47. The van der Waals surface area contributed by atoms with Gasteiger partial charge >= 0.3 is 0 Å². The standard InChI is InChI=1S/C13H22N4.HI/c1-10(2)4-5-16-13(14)17-9-12-6-11(3)7-15-8-12;/h6-8,10H,4-5,9H2,1-3H3,(H3,14,16,17);1H. The number of halogens is 1. The molecule has 0 saturated heterocycles. The summed E-state index contributed by atoms with van der Waals surface area (Å²) >= 11 is 0. The van der Waals surface area contributed by atoms with Crippen LogP contribution in [0, 0.1) is 12.8 Å². The van der Waals surface area contributed by atoms with E-state index in [2.05, 4.69) is 35.2 Å². The van der Waals surface area contributed by atoms with Gasteiger partial charge in [-0.25, -0.2) is 4.99 Å². The Labute approximate surface area is 126 Å². The molecule has 0 unspecified atom stereocenters. The van der Waals surface area contributed by atoms with Crippen LogP contribution in [0.5, 0.6) is 0 Å². The molecule has 3 N–H and O–H groups in total. The number of nitrogens with zero attached hydrogens (tertiary/aromatic N) is 2. The quantitative estimate of drug-likeness (QED) is 0.481. The van der Waals surface area contributed by atoms with Crippen LogP contribution in [0.3, 0.4) is 0 Å². The first kappa shape index (κ1) is 17.2. The third-order valence-electron chi connectivity index (χ3n) is 2.39. The van der Waals surface area contributed by atoms with E-state index in [1.165, 1.54) is 0 Å². The second-order valence-electron chi connectivity index (χ2n) is 4.68. The van der Waals surface area contributed by atoms with Crippen molar-refractivity contribution in [3.8, 4) is 0 Å². The first-order valence-corrected chi connectivity index (χ1v) is 6.02. The number of nitrogens with one attached hydrogen (secondary N) is 1. The first-order chi connectivity index (χ1) is 8.08. The summed E-state index contributed by atoms with van der Waals surface area (Å²) in [6.07, 6.45) is 4.75. The first-order valence-electron chi connectivity index (χ1n) is 6.02. The number of aromatic nitrogens is 1. The summed E-state index contributed by atoms with van der Waals surface area (Å²) in [6.45, 7) is 7.85. The maximum atomic E-state index is 5.76. The Morgan fingerprint density at radius 2 is 2.17 bits per heavy atom. The van der Waals surface area contributed by atoms with Gasteiger partial charge in [0.15, 0.2) is 5.96 Å². The second-order valence-corrected chi connectivity index (χ2v) is 4.68. The van der Waals surface area contributed by atoms with E-state index in [0.29, 0.717) is 18.4 Å². The summed E-state index contributed by atoms with van der Waals surface area (Å²) in [5, 5.41) is 3.11. The van der Waals surface area contributed by atoms with Crippen LogP contribution >= 0.6 is 24.0 Å². The molecule has 0 aliphatic carbocycles. The average molecular weight is 362 g/mol. The zero-order chi connectivity index (χ0) is 12.7. The van der Waals surface area contributed by atoms with E-state index >= 15 is 0 Å². The van der Waals surface area contributed by atoms with Gasteiger partial charge in [-0.15, -0.1) is 24.0 Å². The lowest BCUT2D eigenvalue weighted by molar-refractivity contribution is 0.576. The van der Waals surface area contributed by atoms with Gasteiger partial charge < -0.3 is 11.1 Å². The van der Waals surface area contributed by atoms with Crippen molar-refractivity contribution in [2.45, 2.75) is 33.7 Å². The molecule has 0 fully saturated rings. The van der Waals surface area contributed by atoms with Gasteiger partial charge in [-0.05, 0) is 30.4 Å². The maximum absolute atomic E-state index is 5.76. The average Bonchev–Trinajstić information content (AvgIpc) is 2.26. The normalized spacial score (nSPS) is 11.2. The third-order valence-corrected chi connectivity index (χ3v) is 2.39. The zero-order valence-corrected chi connectivity index (χ0v) is 13.6. The summed E-state index contributed by atoms with van der Waals surface area (Å²) in [4.78, 5) is 8.39. The number of pyridine rings is 1. The van der Waals surface area contributed by atoms with Crippen LogP contribution in [0.4, 0.5) is 0 Å². The molecule has 0 bridgehead atoms. The Kier molecular flexibility index (Phi) is 8.70. The van der Waals surface area contributed by atoms with E-state index in [-0.39, 0.29) is 24.0 Å². The number of rotatable bonds is 5. The highest BCUT2D eigenvalue weighted by Crippen LogP contribution is 2.02. The minimum atomic E-state index is 0. The largest absolute Gasteiger partial charge is 0.370 e. The molecule has 0 amide bonds. The lowest BCUT2D eigenvalue weighted by Gasteiger charge is -2.07. The van der Waals surface area contributed by atoms with Crippen LogP contribution in [-0.2, 0) is 6.54 Å². The highest BCUT2D eigenvalue weighted by atomic mass is 127. The summed E-state index contributed by atoms with van der Waals surface area (Å²) in [5.74, 6) is 1.18. The van der Waals surface area contributed by atoms with Crippen molar-refractivity contribution in [2.75, 3.05) is 6.54 Å². The predicted molar refractivity (Wildman–Crippen MR) is 87.2 cm³/mol. The molecule has 4 nitrogen and oxygen atoms in total. The van der Waals surface area contributed by atoms with Crippen LogP contribution in [0.25, 0.3) is 0 Å². The second kappa shape index (κ2) is 9.13. The molecule has 0 spiro atoms. The van der Waals surface area contributed by atoms with Gasteiger partial charge in [0.05, 0.1) is 6.54 Å². The van der Waals surface area contributed by atoms with Crippen LogP contribution in [-0.4, -0.2) is 17.5 Å². The van der Waals surface area contributed by atoms with Gasteiger partial charge in [0.25, 0.3) is 0 Å². The van der Waals surface area contributed by atoms with E-state index in [0.717, 1.165) is 24.1 Å². The fourth-order valence-electron chi connectivity index (χ4n) is 1.43. The van der Waals surface area contributed by atoms with Gasteiger partial charge in [0, 0.05) is 18.9 Å². The Balaban J connectivity index is 0.00000289. The number of hydrogen-bond donors (Lipinski definition) is 2. The number of guanidine groups is 1. The molecule has 0 radical (unpaired) electrons. The fraction of sp³-hybridized carbons (Fsp3) is 0.538. The van der Waals surface area contributed by atoms with Crippen molar-refractivity contribution >= 4 is 29.9 Å². The van der Waals surface area contributed by atoms with Crippen molar-refractivity contribution in [3.05, 3.63) is 29.6 Å². The molecule has 1 aromatic heterocycles. The predicted octanol–water partition coefficient (Wildman–Crippen LogP) is 2.46. The molecule has 0 atom stereocenters. The fourth-order valence-corrected chi connectivity index (χ4v) is 1.43. The number of aryl methyl sites for hydroxylation is 1. The molecule has 0 aromatic carbocycles. The Morgan fingerprint density at radius 1 is 1.44 bits per heavy atom. The molecule has 102 valence electrons. The number of hydrogen-bond acceptors (Lipinski definition) is 2. The molecular formula is C13H23IN4. The van der Waals surface area contributed by atoms with Gasteiger partial charge in [-0.2, -0.15) is 0 Å². The van der Waals surface area contributed by atoms with E-state index in [4.69, 9.17) is 5.73 Å². The molecule has 5 heteroatoms. The molecule has 1 aromatic rings. The van der Waals surface area contributed by atoms with Gasteiger partial charge in [-0.1, -0.05) is 19.9 Å². The van der Waals surface area contributed by atoms with Crippen LogP contribution in [0.2, 0.25) is 0 Å². The molecular weight excluding hydrogens is 339 g/mol. The molecule has 0 saturated carbocycles. The highest BCUT2D eigenvalue weighted by molar-refractivity contribution is 14.0. The van der Waals surface area contributed by atoms with Crippen molar-refractivity contribution < 1.29 is 0 Å². The van der Waals surface area contributed by atoms with Crippen LogP contribution in [0.1, 0.15) is 31.4 Å². The molecule has 18 heavy (non-hydrogen) atoms. The van der Waals surface area contributed by atoms with E-state index in [1.807, 2.05) is 19.3 Å². The molecule has 0 aliphatic heterocycles. The molecule has 0 aliphatic rings. The van der Waals surface area contributed by atoms with Gasteiger partial charge in [-0.3, -0.25) is 4.98 Å². The van der Waals surface area contributed by atoms with E-state index < -0.39 is 0 Å². The molecule has 1 heterocycles. The Morgan fingerprint density at radius 3 is 2.78 bits per heavy atom. The lowest BCUT2D eigenvalue weighted by atomic mass is 10.1.